The first-order valence-electron chi connectivity index (χ1n) is 7.13. The first kappa shape index (κ1) is 12.1. The lowest BCUT2D eigenvalue weighted by Gasteiger charge is -2.16. The molecule has 0 saturated carbocycles. The Labute approximate surface area is 122 Å². The highest BCUT2D eigenvalue weighted by atomic mass is 32.1. The molecule has 1 aliphatic carbocycles. The molecule has 0 bridgehead atoms. The number of imidazole rings is 1. The normalized spacial score (nSPS) is 14.7. The summed E-state index contributed by atoms with van der Waals surface area (Å²) in [5.74, 6) is 0. The van der Waals surface area contributed by atoms with Gasteiger partial charge in [-0.05, 0) is 42.9 Å². The fraction of sp³-hybridized carbons (Fsp3) is 0.312. The van der Waals surface area contributed by atoms with Gasteiger partial charge < -0.3 is 5.73 Å². The molecule has 2 heterocycles. The summed E-state index contributed by atoms with van der Waals surface area (Å²) in [7, 11) is 0. The molecule has 3 nitrogen and oxygen atoms in total. The number of aryl methyl sites for hydroxylation is 2. The summed E-state index contributed by atoms with van der Waals surface area (Å²) < 4.78 is 2.11. The third-order valence-corrected chi connectivity index (χ3v) is 4.93. The quantitative estimate of drug-likeness (QED) is 0.783. The topological polar surface area (TPSA) is 43.3 Å². The molecule has 0 radical (unpaired) electrons. The van der Waals surface area contributed by atoms with Crippen LogP contribution in [0.5, 0.6) is 0 Å². The number of benzene rings is 1. The van der Waals surface area contributed by atoms with Crippen LogP contribution in [0, 0.1) is 0 Å². The van der Waals surface area contributed by atoms with Crippen molar-refractivity contribution in [3.8, 4) is 11.3 Å². The number of hydrogen-bond donors (Lipinski definition) is 1. The van der Waals surface area contributed by atoms with E-state index in [0.29, 0.717) is 6.54 Å². The number of hydrogen-bond acceptors (Lipinski definition) is 3. The van der Waals surface area contributed by atoms with Gasteiger partial charge in [0.1, 0.15) is 0 Å². The lowest BCUT2D eigenvalue weighted by atomic mass is 9.90. The van der Waals surface area contributed by atoms with Gasteiger partial charge in [0.15, 0.2) is 4.96 Å². The largest absolute Gasteiger partial charge is 0.325 e. The average molecular weight is 283 g/mol. The minimum atomic E-state index is 0.518. The zero-order chi connectivity index (χ0) is 13.5. The molecule has 0 spiro atoms. The van der Waals surface area contributed by atoms with E-state index in [1.807, 2.05) is 0 Å². The number of rotatable bonds is 2. The summed E-state index contributed by atoms with van der Waals surface area (Å²) in [6.07, 6.45) is 7.09. The fourth-order valence-corrected chi connectivity index (χ4v) is 3.87. The first-order valence-corrected chi connectivity index (χ1v) is 8.01. The van der Waals surface area contributed by atoms with Gasteiger partial charge >= 0.3 is 0 Å². The molecule has 2 N–H and O–H groups in total. The van der Waals surface area contributed by atoms with Crippen LogP contribution in [0.2, 0.25) is 0 Å². The molecule has 1 aliphatic rings. The number of aromatic nitrogens is 2. The predicted molar refractivity (Wildman–Crippen MR) is 83.0 cm³/mol. The van der Waals surface area contributed by atoms with E-state index in [0.717, 1.165) is 16.3 Å². The maximum Gasteiger partial charge on any atom is 0.194 e. The van der Waals surface area contributed by atoms with E-state index < -0.39 is 0 Å². The number of fused-ring (bicyclic) bond motifs is 2. The lowest BCUT2D eigenvalue weighted by Crippen LogP contribution is -2.04. The summed E-state index contributed by atoms with van der Waals surface area (Å²) in [6, 6.07) is 6.80. The van der Waals surface area contributed by atoms with Crippen LogP contribution >= 0.6 is 11.3 Å². The van der Waals surface area contributed by atoms with Crippen molar-refractivity contribution in [2.75, 3.05) is 0 Å². The average Bonchev–Trinajstić information content (AvgIpc) is 3.07. The van der Waals surface area contributed by atoms with Crippen molar-refractivity contribution in [1.29, 1.82) is 0 Å². The van der Waals surface area contributed by atoms with E-state index in [4.69, 9.17) is 10.7 Å². The van der Waals surface area contributed by atoms with Crippen LogP contribution in [-0.4, -0.2) is 9.38 Å². The highest BCUT2D eigenvalue weighted by Gasteiger charge is 2.16. The van der Waals surface area contributed by atoms with Crippen molar-refractivity contribution in [1.82, 2.24) is 9.38 Å². The molecule has 1 aromatic carbocycles. The Kier molecular flexibility index (Phi) is 2.86. The van der Waals surface area contributed by atoms with Crippen LogP contribution in [0.25, 0.3) is 16.2 Å². The van der Waals surface area contributed by atoms with Gasteiger partial charge in [-0.1, -0.05) is 12.1 Å². The lowest BCUT2D eigenvalue weighted by molar-refractivity contribution is 0.686. The van der Waals surface area contributed by atoms with Gasteiger partial charge in [0, 0.05) is 23.7 Å². The maximum absolute atomic E-state index is 5.94. The monoisotopic (exact) mass is 283 g/mol. The molecule has 4 heteroatoms. The van der Waals surface area contributed by atoms with Gasteiger partial charge in [-0.3, -0.25) is 4.40 Å². The highest BCUT2D eigenvalue weighted by molar-refractivity contribution is 7.15. The van der Waals surface area contributed by atoms with Gasteiger partial charge in [-0.25, -0.2) is 4.98 Å². The molecular weight excluding hydrogens is 266 g/mol. The van der Waals surface area contributed by atoms with Crippen LogP contribution in [0.4, 0.5) is 0 Å². The fourth-order valence-electron chi connectivity index (χ4n) is 3.14. The van der Waals surface area contributed by atoms with E-state index in [1.54, 1.807) is 11.3 Å². The van der Waals surface area contributed by atoms with E-state index in [9.17, 15) is 0 Å². The smallest absolute Gasteiger partial charge is 0.194 e. The zero-order valence-corrected chi connectivity index (χ0v) is 12.1. The molecule has 0 amide bonds. The van der Waals surface area contributed by atoms with Crippen molar-refractivity contribution in [3.63, 3.8) is 0 Å². The van der Waals surface area contributed by atoms with Crippen molar-refractivity contribution in [3.05, 3.63) is 46.6 Å². The Balaban J connectivity index is 1.88. The van der Waals surface area contributed by atoms with Crippen LogP contribution in [0.1, 0.15) is 29.7 Å². The molecule has 4 rings (SSSR count). The van der Waals surface area contributed by atoms with Gasteiger partial charge in [-0.2, -0.15) is 0 Å². The Bertz CT molecular complexity index is 769. The number of nitrogens with two attached hydrogens (primary N) is 1. The van der Waals surface area contributed by atoms with Crippen LogP contribution in [0.3, 0.4) is 0 Å². The molecule has 0 atom stereocenters. The standard InChI is InChI=1S/C16H17N3S/c17-10-14-15(18-16-19(14)7-8-20-16)13-6-5-11-3-1-2-4-12(11)9-13/h5-9H,1-4,10,17H2. The molecule has 0 aliphatic heterocycles. The second-order valence-electron chi connectivity index (χ2n) is 5.36. The summed E-state index contributed by atoms with van der Waals surface area (Å²) in [5.41, 5.74) is 12.3. The van der Waals surface area contributed by atoms with E-state index in [1.165, 1.54) is 42.4 Å². The van der Waals surface area contributed by atoms with Crippen LogP contribution in [-0.2, 0) is 19.4 Å². The minimum absolute atomic E-state index is 0.518. The Hall–Kier alpha value is -1.65. The van der Waals surface area contributed by atoms with Crippen LogP contribution < -0.4 is 5.73 Å². The highest BCUT2D eigenvalue weighted by Crippen LogP contribution is 2.30. The molecule has 0 saturated heterocycles. The van der Waals surface area contributed by atoms with Crippen molar-refractivity contribution in [2.24, 2.45) is 5.73 Å². The van der Waals surface area contributed by atoms with E-state index >= 15 is 0 Å². The Morgan fingerprint density at radius 3 is 2.90 bits per heavy atom. The van der Waals surface area contributed by atoms with E-state index in [-0.39, 0.29) is 0 Å². The van der Waals surface area contributed by atoms with Crippen molar-refractivity contribution in [2.45, 2.75) is 32.2 Å². The van der Waals surface area contributed by atoms with Gasteiger partial charge in [-0.15, -0.1) is 11.3 Å². The SMILES string of the molecule is NCc1c(-c2ccc3c(c2)CCCC3)nc2sccn12. The van der Waals surface area contributed by atoms with E-state index in [2.05, 4.69) is 34.2 Å². The van der Waals surface area contributed by atoms with Gasteiger partial charge in [0.05, 0.1) is 11.4 Å². The molecule has 20 heavy (non-hydrogen) atoms. The Morgan fingerprint density at radius 1 is 1.20 bits per heavy atom. The first-order chi connectivity index (χ1) is 9.86. The summed E-state index contributed by atoms with van der Waals surface area (Å²) in [4.78, 5) is 5.79. The predicted octanol–water partition coefficient (Wildman–Crippen LogP) is 3.40. The second kappa shape index (κ2) is 4.72. The summed E-state index contributed by atoms with van der Waals surface area (Å²) >= 11 is 1.66. The van der Waals surface area contributed by atoms with Crippen molar-refractivity contribution >= 4 is 16.3 Å². The molecule has 0 fully saturated rings. The summed E-state index contributed by atoms with van der Waals surface area (Å²) in [6.45, 7) is 0.518. The third kappa shape index (κ3) is 1.79. The Morgan fingerprint density at radius 2 is 2.05 bits per heavy atom. The van der Waals surface area contributed by atoms with Crippen molar-refractivity contribution < 1.29 is 0 Å². The second-order valence-corrected chi connectivity index (χ2v) is 6.23. The molecule has 102 valence electrons. The minimum Gasteiger partial charge on any atom is -0.325 e. The molecule has 2 aromatic heterocycles. The van der Waals surface area contributed by atoms with Gasteiger partial charge in [0.2, 0.25) is 0 Å². The number of thiazole rings is 1. The van der Waals surface area contributed by atoms with Gasteiger partial charge in [0.25, 0.3) is 0 Å². The van der Waals surface area contributed by atoms with Crippen LogP contribution in [0.15, 0.2) is 29.8 Å². The molecular formula is C16H17N3S. The maximum atomic E-state index is 5.94. The molecule has 3 aromatic rings. The number of nitrogens with zero attached hydrogens (tertiary/aromatic N) is 2. The third-order valence-electron chi connectivity index (χ3n) is 4.18. The summed E-state index contributed by atoms with van der Waals surface area (Å²) in [5, 5.41) is 2.05. The zero-order valence-electron chi connectivity index (χ0n) is 11.3. The molecule has 0 unspecified atom stereocenters.